The van der Waals surface area contributed by atoms with Gasteiger partial charge in [0.25, 0.3) is 5.91 Å². The van der Waals surface area contributed by atoms with Gasteiger partial charge in [-0.05, 0) is 56.5 Å². The molecule has 2 aliphatic heterocycles. The van der Waals surface area contributed by atoms with E-state index in [4.69, 9.17) is 5.21 Å². The number of nitrogens with zero attached hydrogens (tertiary/aromatic N) is 4. The maximum Gasteiger partial charge on any atom is 0.274 e. The molecule has 0 spiro atoms. The first-order valence-corrected chi connectivity index (χ1v) is 13.4. The van der Waals surface area contributed by atoms with E-state index in [1.807, 2.05) is 12.1 Å². The standard InChI is InChI=1S/C29H43N5O2/c1-22(2)33-14-12-31(13-15-33)20-26-6-5-7-27(16-26)21-34-23(3)17-32(18-24(34)4)19-25-8-10-28(11-9-25)29(35)30-36/h5-11,16,22-24,36H,12-15,17-21H2,1-4H3,(H,30,35)/t23-,24+. The number of hydrogen-bond acceptors (Lipinski definition) is 6. The molecule has 7 nitrogen and oxygen atoms in total. The van der Waals surface area contributed by atoms with Gasteiger partial charge in [0.2, 0.25) is 0 Å². The lowest BCUT2D eigenvalue weighted by molar-refractivity contribution is 0.0290. The Hall–Kier alpha value is -2.29. The fourth-order valence-corrected chi connectivity index (χ4v) is 5.72. The van der Waals surface area contributed by atoms with E-state index < -0.39 is 5.91 Å². The summed E-state index contributed by atoms with van der Waals surface area (Å²) in [6.45, 7) is 18.8. The van der Waals surface area contributed by atoms with Crippen LogP contribution in [-0.2, 0) is 19.6 Å². The highest BCUT2D eigenvalue weighted by Gasteiger charge is 2.29. The van der Waals surface area contributed by atoms with E-state index in [-0.39, 0.29) is 0 Å². The monoisotopic (exact) mass is 493 g/mol. The van der Waals surface area contributed by atoms with Crippen molar-refractivity contribution in [2.75, 3.05) is 39.3 Å². The highest BCUT2D eigenvalue weighted by atomic mass is 16.5. The molecule has 0 bridgehead atoms. The lowest BCUT2D eigenvalue weighted by Crippen LogP contribution is -2.55. The summed E-state index contributed by atoms with van der Waals surface area (Å²) in [6.07, 6.45) is 0. The number of amides is 1. The summed E-state index contributed by atoms with van der Waals surface area (Å²) < 4.78 is 0. The van der Waals surface area contributed by atoms with E-state index in [1.54, 1.807) is 17.6 Å². The van der Waals surface area contributed by atoms with Crippen LogP contribution in [-0.4, -0.2) is 88.1 Å². The molecule has 2 fully saturated rings. The fraction of sp³-hybridized carbons (Fsp3) is 0.552. The van der Waals surface area contributed by atoms with Crippen LogP contribution >= 0.6 is 0 Å². The molecule has 4 rings (SSSR count). The van der Waals surface area contributed by atoms with Crippen LogP contribution in [0.4, 0.5) is 0 Å². The molecule has 2 N–H and O–H groups in total. The quantitative estimate of drug-likeness (QED) is 0.434. The second-order valence-electron chi connectivity index (χ2n) is 10.9. The van der Waals surface area contributed by atoms with Crippen LogP contribution in [0.15, 0.2) is 48.5 Å². The molecule has 2 aliphatic rings. The van der Waals surface area contributed by atoms with Crippen LogP contribution in [0.25, 0.3) is 0 Å². The Labute approximate surface area is 216 Å². The number of benzene rings is 2. The average Bonchev–Trinajstić information content (AvgIpc) is 2.87. The molecule has 2 heterocycles. The predicted molar refractivity (Wildman–Crippen MR) is 144 cm³/mol. The number of hydroxylamine groups is 1. The molecule has 196 valence electrons. The molecule has 2 atom stereocenters. The molecule has 0 aromatic heterocycles. The Morgan fingerprint density at radius 3 is 2.03 bits per heavy atom. The van der Waals surface area contributed by atoms with Gasteiger partial charge in [-0.25, -0.2) is 5.48 Å². The maximum atomic E-state index is 11.6. The zero-order valence-electron chi connectivity index (χ0n) is 22.4. The van der Waals surface area contributed by atoms with Crippen molar-refractivity contribution in [1.82, 2.24) is 25.1 Å². The van der Waals surface area contributed by atoms with E-state index in [2.05, 4.69) is 71.6 Å². The number of nitrogens with one attached hydrogen (secondary N) is 1. The molecule has 1 amide bonds. The van der Waals surface area contributed by atoms with Gasteiger partial charge in [0.05, 0.1) is 0 Å². The number of rotatable bonds is 8. The van der Waals surface area contributed by atoms with E-state index in [0.717, 1.165) is 45.8 Å². The van der Waals surface area contributed by atoms with Crippen molar-refractivity contribution in [2.45, 2.75) is 65.5 Å². The number of carbonyl (C=O) groups is 1. The fourth-order valence-electron chi connectivity index (χ4n) is 5.72. The van der Waals surface area contributed by atoms with Gasteiger partial charge in [-0.15, -0.1) is 0 Å². The smallest absolute Gasteiger partial charge is 0.274 e. The van der Waals surface area contributed by atoms with Crippen LogP contribution in [0, 0.1) is 0 Å². The number of hydrogen-bond donors (Lipinski definition) is 2. The van der Waals surface area contributed by atoms with Crippen molar-refractivity contribution >= 4 is 5.91 Å². The molecular weight excluding hydrogens is 450 g/mol. The van der Waals surface area contributed by atoms with Gasteiger partial charge in [0, 0.05) is 82.6 Å². The van der Waals surface area contributed by atoms with Gasteiger partial charge in [-0.3, -0.25) is 29.6 Å². The number of piperazine rings is 2. The van der Waals surface area contributed by atoms with Crippen molar-refractivity contribution < 1.29 is 10.0 Å². The first kappa shape index (κ1) is 26.8. The zero-order chi connectivity index (χ0) is 25.7. The summed E-state index contributed by atoms with van der Waals surface area (Å²) in [4.78, 5) is 21.8. The summed E-state index contributed by atoms with van der Waals surface area (Å²) in [7, 11) is 0. The third-order valence-electron chi connectivity index (χ3n) is 7.80. The summed E-state index contributed by atoms with van der Waals surface area (Å²) >= 11 is 0. The molecule has 36 heavy (non-hydrogen) atoms. The molecule has 0 radical (unpaired) electrons. The first-order chi connectivity index (χ1) is 17.3. The van der Waals surface area contributed by atoms with E-state index in [0.29, 0.717) is 23.7 Å². The van der Waals surface area contributed by atoms with Crippen LogP contribution in [0.2, 0.25) is 0 Å². The molecule has 7 heteroatoms. The van der Waals surface area contributed by atoms with Crippen LogP contribution in [0.5, 0.6) is 0 Å². The lowest BCUT2D eigenvalue weighted by Gasteiger charge is -2.44. The molecule has 2 saturated heterocycles. The molecule has 2 aromatic rings. The Bertz CT molecular complexity index is 975. The van der Waals surface area contributed by atoms with Gasteiger partial charge >= 0.3 is 0 Å². The third-order valence-corrected chi connectivity index (χ3v) is 7.80. The zero-order valence-corrected chi connectivity index (χ0v) is 22.4. The summed E-state index contributed by atoms with van der Waals surface area (Å²) in [5.41, 5.74) is 6.15. The molecule has 2 aromatic carbocycles. The largest absolute Gasteiger partial charge is 0.298 e. The Morgan fingerprint density at radius 1 is 0.861 bits per heavy atom. The predicted octanol–water partition coefficient (Wildman–Crippen LogP) is 3.43. The maximum absolute atomic E-state index is 11.6. The second kappa shape index (κ2) is 12.3. The van der Waals surface area contributed by atoms with Gasteiger partial charge in [-0.1, -0.05) is 36.4 Å². The van der Waals surface area contributed by atoms with Crippen molar-refractivity contribution in [3.05, 3.63) is 70.8 Å². The molecule has 0 unspecified atom stereocenters. The second-order valence-corrected chi connectivity index (χ2v) is 10.9. The van der Waals surface area contributed by atoms with Gasteiger partial charge in [0.1, 0.15) is 0 Å². The molecule has 0 saturated carbocycles. The van der Waals surface area contributed by atoms with Gasteiger partial charge in [0.15, 0.2) is 0 Å². The van der Waals surface area contributed by atoms with Crippen molar-refractivity contribution in [1.29, 1.82) is 0 Å². The normalized spacial score (nSPS) is 22.7. The lowest BCUT2D eigenvalue weighted by atomic mass is 10.0. The van der Waals surface area contributed by atoms with Crippen LogP contribution < -0.4 is 5.48 Å². The highest BCUT2D eigenvalue weighted by Crippen LogP contribution is 2.22. The van der Waals surface area contributed by atoms with Gasteiger partial charge in [-0.2, -0.15) is 0 Å². The Balaban J connectivity index is 1.30. The third kappa shape index (κ3) is 6.93. The first-order valence-electron chi connectivity index (χ1n) is 13.4. The Morgan fingerprint density at radius 2 is 1.44 bits per heavy atom. The minimum atomic E-state index is -0.477. The van der Waals surface area contributed by atoms with Crippen molar-refractivity contribution in [3.8, 4) is 0 Å². The van der Waals surface area contributed by atoms with Crippen molar-refractivity contribution in [3.63, 3.8) is 0 Å². The highest BCUT2D eigenvalue weighted by molar-refractivity contribution is 5.93. The average molecular weight is 494 g/mol. The molecule has 0 aliphatic carbocycles. The van der Waals surface area contributed by atoms with E-state index in [1.165, 1.54) is 29.8 Å². The minimum absolute atomic E-state index is 0.459. The minimum Gasteiger partial charge on any atom is -0.298 e. The Kier molecular flexibility index (Phi) is 9.14. The van der Waals surface area contributed by atoms with Crippen molar-refractivity contribution in [2.24, 2.45) is 0 Å². The topological polar surface area (TPSA) is 62.3 Å². The number of carbonyl (C=O) groups excluding carboxylic acids is 1. The summed E-state index contributed by atoms with van der Waals surface area (Å²) in [6, 6.07) is 18.2. The summed E-state index contributed by atoms with van der Waals surface area (Å²) in [5.74, 6) is -0.477. The van der Waals surface area contributed by atoms with Gasteiger partial charge < -0.3 is 0 Å². The summed E-state index contributed by atoms with van der Waals surface area (Å²) in [5, 5.41) is 8.81. The van der Waals surface area contributed by atoms with Crippen LogP contribution in [0.3, 0.4) is 0 Å². The van der Waals surface area contributed by atoms with Crippen LogP contribution in [0.1, 0.15) is 54.7 Å². The SMILES string of the molecule is CC(C)N1CCN(Cc2cccc(CN3[C@H](C)CN(Cc4ccc(C(=O)NO)cc4)C[C@@H]3C)c2)CC1. The van der Waals surface area contributed by atoms with E-state index in [9.17, 15) is 4.79 Å². The molecular formula is C29H43N5O2. The van der Waals surface area contributed by atoms with E-state index >= 15 is 0 Å².